The molecule has 0 N–H and O–H groups in total. The van der Waals surface area contributed by atoms with Crippen molar-refractivity contribution in [1.82, 2.24) is 0 Å². The normalized spacial score (nSPS) is 15.9. The van der Waals surface area contributed by atoms with Crippen molar-refractivity contribution in [2.24, 2.45) is 21.1 Å². The van der Waals surface area contributed by atoms with Crippen LogP contribution in [-0.2, 0) is 21.1 Å². The Labute approximate surface area is 426 Å². The molecular weight excluding hydrogens is 811 g/mol. The van der Waals surface area contributed by atoms with Gasteiger partial charge in [-0.05, 0) is 160 Å². The summed E-state index contributed by atoms with van der Waals surface area (Å²) in [5.74, 6) is 0. The van der Waals surface area contributed by atoms with E-state index in [1.54, 1.807) is 95.8 Å². The lowest BCUT2D eigenvalue weighted by Crippen LogP contribution is -2.31. The third-order valence-electron chi connectivity index (χ3n) is 11.9. The van der Waals surface area contributed by atoms with Crippen molar-refractivity contribution in [2.75, 3.05) is 0 Å². The molecule has 0 spiro atoms. The zero-order valence-electron chi connectivity index (χ0n) is 57.1. The summed E-state index contributed by atoms with van der Waals surface area (Å²) in [4.78, 5) is 0. The van der Waals surface area contributed by atoms with Gasteiger partial charge >= 0.3 is 0 Å². The Bertz CT molecular complexity index is 3690. The van der Waals surface area contributed by atoms with Crippen molar-refractivity contribution in [1.29, 1.82) is 0 Å². The van der Waals surface area contributed by atoms with Crippen LogP contribution in [0.3, 0.4) is 0 Å². The van der Waals surface area contributed by atoms with Crippen LogP contribution in [0.1, 0.15) is 80.3 Å². The Hall–Kier alpha value is -7.23. The van der Waals surface area contributed by atoms with Crippen LogP contribution in [0.4, 0.5) is 0 Å². The Morgan fingerprint density at radius 2 is 0.716 bits per heavy atom. The summed E-state index contributed by atoms with van der Waals surface area (Å²) >= 11 is 0. The van der Waals surface area contributed by atoms with E-state index in [2.05, 4.69) is 0 Å². The maximum absolute atomic E-state index is 7.97. The lowest BCUT2D eigenvalue weighted by atomic mass is 9.93. The molecule has 336 valence electrons. The van der Waals surface area contributed by atoms with Crippen molar-refractivity contribution in [3.05, 3.63) is 232 Å². The van der Waals surface area contributed by atoms with E-state index in [0.29, 0.717) is 44.5 Å². The summed E-state index contributed by atoms with van der Waals surface area (Å²) in [5.41, 5.74) is 14.4. The summed E-state index contributed by atoms with van der Waals surface area (Å²) in [6, 6.07) is 47.7. The monoisotopic (exact) mass is 897 g/mol. The number of pyridine rings is 3. The Balaban J connectivity index is 0.000000183. The summed E-state index contributed by atoms with van der Waals surface area (Å²) in [7, 11) is 5.41. The first-order valence-electron chi connectivity index (χ1n) is 31.0. The Kier molecular flexibility index (Phi) is 9.20. The molecule has 0 unspecified atom stereocenters. The van der Waals surface area contributed by atoms with Crippen LogP contribution in [0.15, 0.2) is 176 Å². The number of hydrogen-bond acceptors (Lipinski definition) is 0. The van der Waals surface area contributed by atoms with E-state index in [1.807, 2.05) is 143 Å². The number of benzene rings is 6. The van der Waals surface area contributed by atoms with Gasteiger partial charge in [-0.1, -0.05) is 121 Å². The largest absolute Gasteiger partial charge is 0.213 e. The fraction of sp³-hybridized carbons (Fsp3) is 0.203. The molecule has 0 fully saturated rings. The number of nitrogens with zero attached hydrogens (tertiary/aromatic N) is 3. The fourth-order valence-electron chi connectivity index (χ4n) is 8.31. The van der Waals surface area contributed by atoms with Gasteiger partial charge in [-0.25, -0.2) is 13.7 Å². The zero-order valence-corrected chi connectivity index (χ0v) is 39.1. The fourth-order valence-corrected chi connectivity index (χ4v) is 8.31. The lowest BCUT2D eigenvalue weighted by Gasteiger charge is -2.12. The van der Waals surface area contributed by atoms with E-state index in [-0.39, 0.29) is 11.1 Å². The molecule has 67 heavy (non-hydrogen) atoms. The first kappa shape index (κ1) is 29.4. The molecule has 0 saturated heterocycles. The average molecular weight is 897 g/mol. The molecule has 9 rings (SSSR count). The predicted octanol–water partition coefficient (Wildman–Crippen LogP) is 14.6. The molecule has 0 radical (unpaired) electrons. The molecule has 3 heterocycles. The predicted molar refractivity (Wildman–Crippen MR) is 283 cm³/mol. The highest BCUT2D eigenvalue weighted by atomic mass is 14.9. The quantitative estimate of drug-likeness (QED) is 0.147. The highest BCUT2D eigenvalue weighted by Gasteiger charge is 2.19. The van der Waals surface area contributed by atoms with Gasteiger partial charge < -0.3 is 0 Å². The van der Waals surface area contributed by atoms with Crippen LogP contribution < -0.4 is 13.7 Å². The summed E-state index contributed by atoms with van der Waals surface area (Å²) in [6.07, 6.45) is 4.88. The average Bonchev–Trinajstić information content (AvgIpc) is 2.43. The Morgan fingerprint density at radius 3 is 1.19 bits per heavy atom. The molecule has 6 aromatic carbocycles. The van der Waals surface area contributed by atoms with Crippen LogP contribution in [-0.4, -0.2) is 0 Å². The third kappa shape index (κ3) is 11.1. The van der Waals surface area contributed by atoms with Crippen LogP contribution in [0.5, 0.6) is 0 Å². The first-order valence-corrected chi connectivity index (χ1v) is 22.0. The highest BCUT2D eigenvalue weighted by molar-refractivity contribution is 5.77. The van der Waals surface area contributed by atoms with Gasteiger partial charge in [0.1, 0.15) is 21.1 Å². The van der Waals surface area contributed by atoms with E-state index in [1.165, 1.54) is 0 Å². The van der Waals surface area contributed by atoms with Gasteiger partial charge in [0.05, 0.1) is 0 Å². The van der Waals surface area contributed by atoms with Crippen molar-refractivity contribution >= 4 is 0 Å². The maximum Gasteiger partial charge on any atom is 0.213 e. The minimum atomic E-state index is -2.25. The first-order chi connectivity index (χ1) is 39.4. The van der Waals surface area contributed by atoms with E-state index >= 15 is 0 Å². The smallest absolute Gasteiger partial charge is 0.201 e. The molecule has 0 saturated carbocycles. The van der Waals surface area contributed by atoms with Crippen molar-refractivity contribution in [3.8, 4) is 67.2 Å². The molecule has 0 amide bonds. The van der Waals surface area contributed by atoms with Gasteiger partial charge in [0.2, 0.25) is 17.1 Å². The van der Waals surface area contributed by atoms with E-state index < -0.39 is 41.1 Å². The van der Waals surface area contributed by atoms with Gasteiger partial charge in [0.15, 0.2) is 18.6 Å². The maximum atomic E-state index is 7.97. The molecule has 9 aromatic rings. The number of aryl methyl sites for hydroxylation is 13. The summed E-state index contributed by atoms with van der Waals surface area (Å²) < 4.78 is 146. The van der Waals surface area contributed by atoms with Gasteiger partial charge in [-0.3, -0.25) is 0 Å². The molecule has 3 heteroatoms. The summed E-state index contributed by atoms with van der Waals surface area (Å²) in [6.45, 7) is -5.84. The van der Waals surface area contributed by atoms with Crippen LogP contribution >= 0.6 is 0 Å². The molecule has 3 aromatic heterocycles. The van der Waals surface area contributed by atoms with Crippen molar-refractivity contribution in [3.63, 3.8) is 0 Å². The second-order valence-corrected chi connectivity index (χ2v) is 16.9. The number of rotatable bonds is 6. The SMILES string of the molecule is [2H]C([2H])([2H])c1c[n+](C)c(-c2cc(-c3ccccc3)c(C([2H])([2H])[2H])cc2C)cc1C.[2H]C([2H])([2H])c1ccc(-c2cc(-c3ccccc3)c(C([2H])([2H])[2H])c[n+]2C)c(C)c1.[2H]C([2H])([2H])c1ccc(-c2cc(-c3ccccc3)c(C([2H])([2H])[2H])cc2C)[n+](C)c1. The van der Waals surface area contributed by atoms with Crippen LogP contribution in [0, 0.1) is 68.8 Å². The topological polar surface area (TPSA) is 11.6 Å². The number of hydrogen-bond donors (Lipinski definition) is 0. The molecule has 0 bridgehead atoms. The molecule has 0 atom stereocenters. The second kappa shape index (κ2) is 20.9. The van der Waals surface area contributed by atoms with Gasteiger partial charge in [0.25, 0.3) is 0 Å². The van der Waals surface area contributed by atoms with Gasteiger partial charge in [0, 0.05) is 76.3 Å². The second-order valence-electron chi connectivity index (χ2n) is 16.9. The third-order valence-corrected chi connectivity index (χ3v) is 11.9. The standard InChI is InChI=1S/C22H24N.2C21H22N/c1-15-12-22(23(5)14-18(15)4)21-13-20(16(2)11-17(21)3)19-9-7-6-8-10-19;1-15-10-11-21(22(4)14-15)20-13-19(16(2)12-17(20)3)18-8-6-5-7-9-18;1-15-10-11-19(16(2)12-15)21-13-20(17(3)14-22(21)4)18-8-6-5-7-9-18/h6-14H,1-5H3;2*5-14H,1-4H3/q3*+1/i2D3,4D3;1D3,2D3;1D3,3D3. The van der Waals surface area contributed by atoms with Crippen molar-refractivity contribution < 1.29 is 38.4 Å². The zero-order chi connectivity index (χ0) is 62.9. The van der Waals surface area contributed by atoms with E-state index in [9.17, 15) is 0 Å². The van der Waals surface area contributed by atoms with E-state index in [4.69, 9.17) is 24.7 Å². The van der Waals surface area contributed by atoms with Crippen LogP contribution in [0.25, 0.3) is 67.2 Å². The van der Waals surface area contributed by atoms with Crippen LogP contribution in [0.2, 0.25) is 0 Å². The molecule has 0 aliphatic rings. The summed E-state index contributed by atoms with van der Waals surface area (Å²) in [5, 5.41) is 0. The lowest BCUT2D eigenvalue weighted by molar-refractivity contribution is -0.660. The molecule has 0 aliphatic carbocycles. The van der Waals surface area contributed by atoms with E-state index in [0.717, 1.165) is 67.2 Å². The molecule has 3 nitrogen and oxygen atoms in total. The number of aromatic nitrogens is 3. The molecular formula is C64H68N3+3. The molecule has 0 aliphatic heterocycles. The minimum absolute atomic E-state index is 0.263. The Morgan fingerprint density at radius 1 is 0.284 bits per heavy atom. The van der Waals surface area contributed by atoms with Crippen molar-refractivity contribution in [2.45, 2.75) is 68.8 Å². The van der Waals surface area contributed by atoms with Gasteiger partial charge in [-0.2, -0.15) is 0 Å². The highest BCUT2D eigenvalue weighted by Crippen LogP contribution is 2.33. The van der Waals surface area contributed by atoms with Gasteiger partial charge in [-0.15, -0.1) is 0 Å². The minimum Gasteiger partial charge on any atom is -0.201 e.